The lowest BCUT2D eigenvalue weighted by molar-refractivity contribution is 0.415. The van der Waals surface area contributed by atoms with Crippen LogP contribution < -0.4 is 9.46 Å². The molecule has 0 amide bonds. The van der Waals surface area contributed by atoms with Crippen LogP contribution in [0.4, 0.5) is 5.69 Å². The molecule has 102 valence electrons. The highest BCUT2D eigenvalue weighted by Gasteiger charge is 2.20. The number of hydrogen-bond donors (Lipinski definition) is 2. The van der Waals surface area contributed by atoms with Crippen molar-refractivity contribution in [3.63, 3.8) is 0 Å². The van der Waals surface area contributed by atoms with Crippen molar-refractivity contribution in [1.29, 1.82) is 0 Å². The standard InChI is InChI=1S/C11H12ClN3O3S/c1-7-11(6-13-14-7)19(16,17)15-10-5-8(18-2)3-4-9(10)12/h3-6,15H,1-2H3,(H,13,14). The maximum Gasteiger partial charge on any atom is 0.265 e. The number of aromatic nitrogens is 2. The Balaban J connectivity index is 2.38. The summed E-state index contributed by atoms with van der Waals surface area (Å²) in [6.07, 6.45) is 1.24. The number of hydrogen-bond acceptors (Lipinski definition) is 4. The number of halogens is 1. The first-order valence-corrected chi connectivity index (χ1v) is 7.16. The van der Waals surface area contributed by atoms with Gasteiger partial charge in [-0.15, -0.1) is 0 Å². The van der Waals surface area contributed by atoms with E-state index in [0.717, 1.165) is 0 Å². The molecule has 0 saturated carbocycles. The highest BCUT2D eigenvalue weighted by Crippen LogP contribution is 2.29. The summed E-state index contributed by atoms with van der Waals surface area (Å²) in [6.45, 7) is 1.62. The van der Waals surface area contributed by atoms with Gasteiger partial charge in [0.2, 0.25) is 0 Å². The number of methoxy groups -OCH3 is 1. The Labute approximate surface area is 115 Å². The van der Waals surface area contributed by atoms with Crippen molar-refractivity contribution in [1.82, 2.24) is 10.2 Å². The van der Waals surface area contributed by atoms with Crippen LogP contribution in [0.25, 0.3) is 0 Å². The molecule has 0 aliphatic carbocycles. The number of anilines is 1. The topological polar surface area (TPSA) is 84.1 Å². The molecule has 0 aliphatic heterocycles. The highest BCUT2D eigenvalue weighted by molar-refractivity contribution is 7.92. The molecule has 0 spiro atoms. The van der Waals surface area contributed by atoms with Crippen LogP contribution >= 0.6 is 11.6 Å². The summed E-state index contributed by atoms with van der Waals surface area (Å²) >= 11 is 5.95. The van der Waals surface area contributed by atoms with Gasteiger partial charge in [-0.3, -0.25) is 9.82 Å². The second-order valence-electron chi connectivity index (χ2n) is 3.81. The molecule has 0 radical (unpaired) electrons. The number of benzene rings is 1. The summed E-state index contributed by atoms with van der Waals surface area (Å²) < 4.78 is 31.8. The molecule has 1 heterocycles. The normalized spacial score (nSPS) is 11.3. The molecule has 2 aromatic rings. The second-order valence-corrected chi connectivity index (χ2v) is 5.87. The zero-order valence-electron chi connectivity index (χ0n) is 10.3. The molecular weight excluding hydrogens is 290 g/mol. The zero-order valence-corrected chi connectivity index (χ0v) is 11.8. The summed E-state index contributed by atoms with van der Waals surface area (Å²) in [7, 11) is -2.24. The van der Waals surface area contributed by atoms with Crippen molar-refractivity contribution in [2.24, 2.45) is 0 Å². The number of sulfonamides is 1. The van der Waals surface area contributed by atoms with E-state index < -0.39 is 10.0 Å². The van der Waals surface area contributed by atoms with E-state index in [0.29, 0.717) is 11.4 Å². The van der Waals surface area contributed by atoms with Crippen LogP contribution in [0.5, 0.6) is 5.75 Å². The highest BCUT2D eigenvalue weighted by atomic mass is 35.5. The average Bonchev–Trinajstić information content (AvgIpc) is 2.79. The molecular formula is C11H12ClN3O3S. The molecule has 8 heteroatoms. The molecule has 6 nitrogen and oxygen atoms in total. The largest absolute Gasteiger partial charge is 0.497 e. The summed E-state index contributed by atoms with van der Waals surface area (Å²) in [6, 6.07) is 4.71. The van der Waals surface area contributed by atoms with Gasteiger partial charge < -0.3 is 4.74 Å². The van der Waals surface area contributed by atoms with Crippen LogP contribution in [0.2, 0.25) is 5.02 Å². The average molecular weight is 302 g/mol. The maximum atomic E-state index is 12.2. The maximum absolute atomic E-state index is 12.2. The van der Waals surface area contributed by atoms with Crippen molar-refractivity contribution in [2.45, 2.75) is 11.8 Å². The molecule has 1 aromatic carbocycles. The van der Waals surface area contributed by atoms with Crippen LogP contribution in [0.15, 0.2) is 29.3 Å². The molecule has 0 bridgehead atoms. The van der Waals surface area contributed by atoms with Crippen molar-refractivity contribution < 1.29 is 13.2 Å². The third kappa shape index (κ3) is 2.82. The lowest BCUT2D eigenvalue weighted by Crippen LogP contribution is -2.13. The van der Waals surface area contributed by atoms with Crippen LogP contribution in [0.1, 0.15) is 5.69 Å². The Hall–Kier alpha value is -1.73. The third-order valence-corrected chi connectivity index (χ3v) is 4.30. The van der Waals surface area contributed by atoms with Crippen molar-refractivity contribution in [3.05, 3.63) is 35.1 Å². The monoisotopic (exact) mass is 301 g/mol. The Morgan fingerprint density at radius 1 is 1.42 bits per heavy atom. The number of H-pyrrole nitrogens is 1. The number of nitrogens with one attached hydrogen (secondary N) is 2. The summed E-state index contributed by atoms with van der Waals surface area (Å²) in [5.41, 5.74) is 0.702. The first kappa shape index (κ1) is 13.7. The van der Waals surface area contributed by atoms with Crippen LogP contribution in [-0.4, -0.2) is 25.7 Å². The SMILES string of the molecule is COc1ccc(Cl)c(NS(=O)(=O)c2cn[nH]c2C)c1. The van der Waals surface area contributed by atoms with Crippen LogP contribution in [0, 0.1) is 6.92 Å². The summed E-state index contributed by atoms with van der Waals surface area (Å²) in [4.78, 5) is 0.0754. The van der Waals surface area contributed by atoms with Crippen LogP contribution in [0.3, 0.4) is 0 Å². The van der Waals surface area contributed by atoms with Gasteiger partial charge in [0.25, 0.3) is 10.0 Å². The number of rotatable bonds is 4. The number of ether oxygens (including phenoxy) is 1. The minimum absolute atomic E-state index is 0.0754. The van der Waals surface area contributed by atoms with E-state index >= 15 is 0 Å². The molecule has 0 unspecified atom stereocenters. The van der Waals surface area contributed by atoms with Gasteiger partial charge in [0.15, 0.2) is 0 Å². The van der Waals surface area contributed by atoms with Gasteiger partial charge in [-0.2, -0.15) is 5.10 Å². The quantitative estimate of drug-likeness (QED) is 0.906. The summed E-state index contributed by atoms with van der Waals surface area (Å²) in [5, 5.41) is 6.54. The minimum atomic E-state index is -3.73. The predicted molar refractivity (Wildman–Crippen MR) is 72.1 cm³/mol. The lowest BCUT2D eigenvalue weighted by Gasteiger charge is -2.10. The van der Waals surface area contributed by atoms with Crippen LogP contribution in [-0.2, 0) is 10.0 Å². The fourth-order valence-corrected chi connectivity index (χ4v) is 2.95. The lowest BCUT2D eigenvalue weighted by atomic mass is 10.3. The Kier molecular flexibility index (Phi) is 3.68. The van der Waals surface area contributed by atoms with E-state index in [1.54, 1.807) is 19.1 Å². The van der Waals surface area contributed by atoms with Gasteiger partial charge in [0.05, 0.1) is 29.7 Å². The van der Waals surface area contributed by atoms with Gasteiger partial charge in [0, 0.05) is 6.07 Å². The van der Waals surface area contributed by atoms with Crippen molar-refractivity contribution in [3.8, 4) is 5.75 Å². The molecule has 2 N–H and O–H groups in total. The van der Waals surface area contributed by atoms with E-state index in [4.69, 9.17) is 16.3 Å². The number of aryl methyl sites for hydroxylation is 1. The molecule has 0 aliphatic rings. The molecule has 19 heavy (non-hydrogen) atoms. The summed E-state index contributed by atoms with van der Waals surface area (Å²) in [5.74, 6) is 0.506. The molecule has 0 fully saturated rings. The fraction of sp³-hybridized carbons (Fsp3) is 0.182. The van der Waals surface area contributed by atoms with E-state index in [2.05, 4.69) is 14.9 Å². The molecule has 0 atom stereocenters. The third-order valence-electron chi connectivity index (χ3n) is 2.49. The Bertz CT molecular complexity index is 697. The van der Waals surface area contributed by atoms with Gasteiger partial charge >= 0.3 is 0 Å². The fourth-order valence-electron chi connectivity index (χ4n) is 1.52. The van der Waals surface area contributed by atoms with Gasteiger partial charge in [0.1, 0.15) is 10.6 Å². The smallest absolute Gasteiger partial charge is 0.265 e. The van der Waals surface area contributed by atoms with E-state index in [1.165, 1.54) is 19.4 Å². The molecule has 0 saturated heterocycles. The first-order chi connectivity index (χ1) is 8.94. The predicted octanol–water partition coefficient (Wildman–Crippen LogP) is 2.18. The molecule has 2 rings (SSSR count). The Morgan fingerprint density at radius 3 is 2.74 bits per heavy atom. The van der Waals surface area contributed by atoms with E-state index in [1.807, 2.05) is 0 Å². The number of nitrogens with zero attached hydrogens (tertiary/aromatic N) is 1. The Morgan fingerprint density at radius 2 is 2.16 bits per heavy atom. The van der Waals surface area contributed by atoms with Gasteiger partial charge in [-0.1, -0.05) is 11.6 Å². The van der Waals surface area contributed by atoms with Crippen molar-refractivity contribution in [2.75, 3.05) is 11.8 Å². The van der Waals surface area contributed by atoms with Gasteiger partial charge in [-0.25, -0.2) is 8.42 Å². The molecule has 1 aromatic heterocycles. The zero-order chi connectivity index (χ0) is 14.0. The second kappa shape index (κ2) is 5.10. The minimum Gasteiger partial charge on any atom is -0.497 e. The first-order valence-electron chi connectivity index (χ1n) is 5.30. The van der Waals surface area contributed by atoms with Crippen molar-refractivity contribution >= 4 is 27.3 Å². The number of aromatic amines is 1. The van der Waals surface area contributed by atoms with Gasteiger partial charge in [-0.05, 0) is 19.1 Å². The van der Waals surface area contributed by atoms with E-state index in [-0.39, 0.29) is 15.6 Å². The van der Waals surface area contributed by atoms with E-state index in [9.17, 15) is 8.42 Å².